The summed E-state index contributed by atoms with van der Waals surface area (Å²) in [5.74, 6) is 0. The molecule has 0 aliphatic carbocycles. The Morgan fingerprint density at radius 2 is 2.09 bits per heavy atom. The van der Waals surface area contributed by atoms with Crippen molar-refractivity contribution >= 4 is 0 Å². The van der Waals surface area contributed by atoms with Gasteiger partial charge in [0.2, 0.25) is 0 Å². The monoisotopic (exact) mass is 156 g/mol. The van der Waals surface area contributed by atoms with Crippen LogP contribution < -0.4 is 0 Å². The zero-order valence-corrected chi connectivity index (χ0v) is 7.71. The van der Waals surface area contributed by atoms with Gasteiger partial charge in [-0.1, -0.05) is 38.3 Å². The fraction of sp³-hybridized carbons (Fsp3) is 0.800. The molecule has 0 aromatic carbocycles. The van der Waals surface area contributed by atoms with Crippen LogP contribution in [0.5, 0.6) is 0 Å². The number of allylic oxidation sites excluding steroid dienone is 1. The summed E-state index contributed by atoms with van der Waals surface area (Å²) < 4.78 is 0. The normalized spacial score (nSPS) is 14.1. The summed E-state index contributed by atoms with van der Waals surface area (Å²) in [5, 5.41) is 9.36. The van der Waals surface area contributed by atoms with Gasteiger partial charge in [0.15, 0.2) is 0 Å². The van der Waals surface area contributed by atoms with Crippen LogP contribution in [0.25, 0.3) is 0 Å². The van der Waals surface area contributed by atoms with Crippen LogP contribution in [0.4, 0.5) is 0 Å². The lowest BCUT2D eigenvalue weighted by atomic mass is 10.1. The summed E-state index contributed by atoms with van der Waals surface area (Å²) in [6.07, 6.45) is 9.31. The van der Waals surface area contributed by atoms with Crippen molar-refractivity contribution in [2.45, 2.75) is 52.1 Å². The maximum Gasteiger partial charge on any atom is 0.0574 e. The van der Waals surface area contributed by atoms with E-state index in [1.54, 1.807) is 0 Å². The molecule has 0 fully saturated rings. The zero-order chi connectivity index (χ0) is 8.53. The van der Waals surface area contributed by atoms with E-state index in [-0.39, 0.29) is 6.10 Å². The summed E-state index contributed by atoms with van der Waals surface area (Å²) in [5.41, 5.74) is 0. The van der Waals surface area contributed by atoms with E-state index >= 15 is 0 Å². The van der Waals surface area contributed by atoms with Crippen molar-refractivity contribution in [2.24, 2.45) is 0 Å². The number of rotatable bonds is 6. The molecule has 0 spiro atoms. The first-order valence-electron chi connectivity index (χ1n) is 4.60. The van der Waals surface area contributed by atoms with Crippen molar-refractivity contribution < 1.29 is 5.11 Å². The first-order valence-corrected chi connectivity index (χ1v) is 4.60. The molecule has 0 saturated heterocycles. The van der Waals surface area contributed by atoms with Crippen LogP contribution in [0.15, 0.2) is 12.2 Å². The van der Waals surface area contributed by atoms with E-state index in [9.17, 15) is 5.11 Å². The second-order valence-corrected chi connectivity index (χ2v) is 2.95. The Morgan fingerprint density at radius 3 is 2.64 bits per heavy atom. The van der Waals surface area contributed by atoms with Crippen LogP contribution in [-0.2, 0) is 0 Å². The molecule has 0 aromatic heterocycles. The molecule has 11 heavy (non-hydrogen) atoms. The molecule has 0 radical (unpaired) electrons. The third-order valence-electron chi connectivity index (χ3n) is 1.78. The van der Waals surface area contributed by atoms with Crippen LogP contribution in [0.2, 0.25) is 0 Å². The van der Waals surface area contributed by atoms with Gasteiger partial charge in [-0.05, 0) is 19.8 Å². The van der Waals surface area contributed by atoms with Crippen molar-refractivity contribution in [2.75, 3.05) is 0 Å². The van der Waals surface area contributed by atoms with Gasteiger partial charge in [0.25, 0.3) is 0 Å². The third-order valence-corrected chi connectivity index (χ3v) is 1.78. The van der Waals surface area contributed by atoms with Crippen molar-refractivity contribution in [3.8, 4) is 0 Å². The molecule has 1 N–H and O–H groups in total. The Balaban J connectivity index is 3.15. The van der Waals surface area contributed by atoms with Gasteiger partial charge in [0, 0.05) is 0 Å². The molecule has 0 rings (SSSR count). The molecule has 66 valence electrons. The smallest absolute Gasteiger partial charge is 0.0574 e. The summed E-state index contributed by atoms with van der Waals surface area (Å²) in [6, 6.07) is 0. The quantitative estimate of drug-likeness (QED) is 0.463. The standard InChI is InChI=1S/C10H20O/c1-3-5-7-9-10(11)8-6-4-2/h4,6,10-11H,3,5,7-9H2,1-2H3/b6-4-. The molecule has 0 saturated carbocycles. The number of aliphatic hydroxyl groups excluding tert-OH is 1. The Bertz CT molecular complexity index is 97.0. The van der Waals surface area contributed by atoms with Gasteiger partial charge in [0.05, 0.1) is 6.10 Å². The summed E-state index contributed by atoms with van der Waals surface area (Å²) in [6.45, 7) is 4.16. The van der Waals surface area contributed by atoms with Crippen molar-refractivity contribution in [1.82, 2.24) is 0 Å². The molecule has 0 amide bonds. The minimum Gasteiger partial charge on any atom is -0.393 e. The maximum atomic E-state index is 9.36. The number of hydrogen-bond acceptors (Lipinski definition) is 1. The van der Waals surface area contributed by atoms with E-state index in [2.05, 4.69) is 6.92 Å². The van der Waals surface area contributed by atoms with Crippen molar-refractivity contribution in [3.63, 3.8) is 0 Å². The van der Waals surface area contributed by atoms with Crippen LogP contribution in [-0.4, -0.2) is 11.2 Å². The molecule has 1 unspecified atom stereocenters. The van der Waals surface area contributed by atoms with Gasteiger partial charge in [0.1, 0.15) is 0 Å². The molecule has 1 atom stereocenters. The highest BCUT2D eigenvalue weighted by atomic mass is 16.3. The predicted molar refractivity (Wildman–Crippen MR) is 49.6 cm³/mol. The fourth-order valence-electron chi connectivity index (χ4n) is 1.04. The molecular weight excluding hydrogens is 136 g/mol. The summed E-state index contributed by atoms with van der Waals surface area (Å²) in [7, 11) is 0. The average Bonchev–Trinajstić information content (AvgIpc) is 2.01. The second kappa shape index (κ2) is 7.80. The largest absolute Gasteiger partial charge is 0.393 e. The van der Waals surface area contributed by atoms with E-state index in [4.69, 9.17) is 0 Å². The van der Waals surface area contributed by atoms with E-state index in [1.165, 1.54) is 12.8 Å². The second-order valence-electron chi connectivity index (χ2n) is 2.95. The maximum absolute atomic E-state index is 9.36. The lowest BCUT2D eigenvalue weighted by Gasteiger charge is -2.05. The number of unbranched alkanes of at least 4 members (excludes halogenated alkanes) is 2. The Kier molecular flexibility index (Phi) is 7.59. The minimum absolute atomic E-state index is 0.113. The molecule has 0 aromatic rings. The third kappa shape index (κ3) is 7.60. The average molecular weight is 156 g/mol. The highest BCUT2D eigenvalue weighted by molar-refractivity contribution is 4.79. The van der Waals surface area contributed by atoms with E-state index in [0.29, 0.717) is 0 Å². The van der Waals surface area contributed by atoms with Gasteiger partial charge in [-0.2, -0.15) is 0 Å². The molecule has 1 nitrogen and oxygen atoms in total. The zero-order valence-electron chi connectivity index (χ0n) is 7.71. The minimum atomic E-state index is -0.113. The highest BCUT2D eigenvalue weighted by Gasteiger charge is 1.99. The van der Waals surface area contributed by atoms with Crippen LogP contribution in [0.1, 0.15) is 46.0 Å². The molecule has 1 heteroatoms. The van der Waals surface area contributed by atoms with E-state index in [1.807, 2.05) is 19.1 Å². The first kappa shape index (κ1) is 10.7. The Labute approximate surface area is 70.1 Å². The van der Waals surface area contributed by atoms with Crippen molar-refractivity contribution in [3.05, 3.63) is 12.2 Å². The van der Waals surface area contributed by atoms with Gasteiger partial charge in [-0.25, -0.2) is 0 Å². The van der Waals surface area contributed by atoms with Gasteiger partial charge in [-0.3, -0.25) is 0 Å². The molecule has 0 heterocycles. The lowest BCUT2D eigenvalue weighted by Crippen LogP contribution is -2.03. The fourth-order valence-corrected chi connectivity index (χ4v) is 1.04. The topological polar surface area (TPSA) is 20.2 Å². The SMILES string of the molecule is C/C=C\CC(O)CCCCC. The predicted octanol–water partition coefficient (Wildman–Crippen LogP) is 2.89. The van der Waals surface area contributed by atoms with Gasteiger partial charge >= 0.3 is 0 Å². The molecule has 0 bridgehead atoms. The summed E-state index contributed by atoms with van der Waals surface area (Å²) >= 11 is 0. The molecule has 0 aliphatic rings. The number of hydrogen-bond donors (Lipinski definition) is 1. The van der Waals surface area contributed by atoms with Crippen LogP contribution in [0.3, 0.4) is 0 Å². The first-order chi connectivity index (χ1) is 5.31. The molecule has 0 aliphatic heterocycles. The lowest BCUT2D eigenvalue weighted by molar-refractivity contribution is 0.164. The van der Waals surface area contributed by atoms with Crippen LogP contribution in [0, 0.1) is 0 Å². The Morgan fingerprint density at radius 1 is 1.36 bits per heavy atom. The highest BCUT2D eigenvalue weighted by Crippen LogP contribution is 2.06. The Hall–Kier alpha value is -0.300. The van der Waals surface area contributed by atoms with E-state index < -0.39 is 0 Å². The van der Waals surface area contributed by atoms with Gasteiger partial charge in [-0.15, -0.1) is 0 Å². The van der Waals surface area contributed by atoms with Crippen LogP contribution >= 0.6 is 0 Å². The van der Waals surface area contributed by atoms with E-state index in [0.717, 1.165) is 19.3 Å². The van der Waals surface area contributed by atoms with Crippen molar-refractivity contribution in [1.29, 1.82) is 0 Å². The number of aliphatic hydroxyl groups is 1. The van der Waals surface area contributed by atoms with Gasteiger partial charge < -0.3 is 5.11 Å². The molecular formula is C10H20O. The summed E-state index contributed by atoms with van der Waals surface area (Å²) in [4.78, 5) is 0.